The molecule has 6 nitrogen and oxygen atoms in total. The maximum Gasteiger partial charge on any atom is 0.231 e. The van der Waals surface area contributed by atoms with E-state index in [9.17, 15) is 8.42 Å². The first-order chi connectivity index (χ1) is 7.53. The van der Waals surface area contributed by atoms with Crippen LogP contribution in [0.4, 0.5) is 0 Å². The molecule has 7 heteroatoms. The average molecular weight is 245 g/mol. The first kappa shape index (κ1) is 11.5. The molecular formula is C9H15N3O3S. The zero-order valence-corrected chi connectivity index (χ0v) is 9.96. The van der Waals surface area contributed by atoms with Crippen molar-refractivity contribution < 1.29 is 12.8 Å². The first-order valence-corrected chi connectivity index (χ1v) is 7.31. The maximum absolute atomic E-state index is 11.0. The molecule has 0 bridgehead atoms. The summed E-state index contributed by atoms with van der Waals surface area (Å²) in [5.74, 6) is 0.478. The normalized spacial score (nSPS) is 16.6. The van der Waals surface area contributed by atoms with Crippen LogP contribution in [0.25, 0.3) is 0 Å². The van der Waals surface area contributed by atoms with Gasteiger partial charge in [-0.3, -0.25) is 0 Å². The Morgan fingerprint density at radius 2 is 2.06 bits per heavy atom. The Balaban J connectivity index is 1.81. The largest absolute Gasteiger partial charge is 0.424 e. The van der Waals surface area contributed by atoms with Crippen LogP contribution in [0, 0.1) is 0 Å². The summed E-state index contributed by atoms with van der Waals surface area (Å²) in [6.07, 6.45) is 4.27. The molecule has 16 heavy (non-hydrogen) atoms. The number of aromatic nitrogens is 2. The fraction of sp³-hybridized carbons (Fsp3) is 0.778. The van der Waals surface area contributed by atoms with Gasteiger partial charge in [0.05, 0.1) is 0 Å². The number of hydrogen-bond donors (Lipinski definition) is 1. The lowest BCUT2D eigenvalue weighted by molar-refractivity contribution is 0.454. The van der Waals surface area contributed by atoms with E-state index < -0.39 is 9.84 Å². The Labute approximate surface area is 94.4 Å². The standard InChI is InChI=1S/C9H15N3O3S/c1-16(13,14)6-9-12-11-8(15-9)4-5-10-7-2-3-7/h7,10H,2-6H2,1H3. The lowest BCUT2D eigenvalue weighted by atomic mass is 10.4. The van der Waals surface area contributed by atoms with Crippen LogP contribution in [0.1, 0.15) is 24.6 Å². The van der Waals surface area contributed by atoms with E-state index in [-0.39, 0.29) is 11.6 Å². The molecule has 1 heterocycles. The van der Waals surface area contributed by atoms with Crippen LogP contribution in [-0.2, 0) is 22.0 Å². The third kappa shape index (κ3) is 3.90. The van der Waals surface area contributed by atoms with Gasteiger partial charge in [0.25, 0.3) is 0 Å². The Morgan fingerprint density at radius 3 is 2.69 bits per heavy atom. The highest BCUT2D eigenvalue weighted by Crippen LogP contribution is 2.18. The Morgan fingerprint density at radius 1 is 1.38 bits per heavy atom. The van der Waals surface area contributed by atoms with E-state index in [1.807, 2.05) is 0 Å². The van der Waals surface area contributed by atoms with Crippen LogP contribution < -0.4 is 5.32 Å². The molecule has 2 rings (SSSR count). The van der Waals surface area contributed by atoms with Gasteiger partial charge in [-0.2, -0.15) is 0 Å². The van der Waals surface area contributed by atoms with Crippen molar-refractivity contribution in [3.63, 3.8) is 0 Å². The van der Waals surface area contributed by atoms with Crippen LogP contribution in [0.15, 0.2) is 4.42 Å². The number of nitrogens with one attached hydrogen (secondary N) is 1. The molecule has 1 aromatic rings. The smallest absolute Gasteiger partial charge is 0.231 e. The van der Waals surface area contributed by atoms with E-state index in [0.29, 0.717) is 18.4 Å². The summed E-state index contributed by atoms with van der Waals surface area (Å²) in [5, 5.41) is 10.8. The second-order valence-corrected chi connectivity index (χ2v) is 6.28. The van der Waals surface area contributed by atoms with Crippen LogP contribution in [0.5, 0.6) is 0 Å². The fourth-order valence-corrected chi connectivity index (χ4v) is 1.91. The summed E-state index contributed by atoms with van der Waals surface area (Å²) >= 11 is 0. The second-order valence-electron chi connectivity index (χ2n) is 4.14. The van der Waals surface area contributed by atoms with E-state index in [4.69, 9.17) is 4.42 Å². The number of nitrogens with zero attached hydrogens (tertiary/aromatic N) is 2. The van der Waals surface area contributed by atoms with Crippen molar-refractivity contribution in [2.24, 2.45) is 0 Å². The first-order valence-electron chi connectivity index (χ1n) is 5.25. The number of hydrogen-bond acceptors (Lipinski definition) is 6. The van der Waals surface area contributed by atoms with Crippen molar-refractivity contribution in [3.8, 4) is 0 Å². The molecule has 1 aliphatic rings. The van der Waals surface area contributed by atoms with E-state index >= 15 is 0 Å². The Bertz CT molecular complexity index is 450. The second kappa shape index (κ2) is 4.50. The van der Waals surface area contributed by atoms with Crippen LogP contribution >= 0.6 is 0 Å². The van der Waals surface area contributed by atoms with Crippen molar-refractivity contribution >= 4 is 9.84 Å². The van der Waals surface area contributed by atoms with E-state index in [2.05, 4.69) is 15.5 Å². The number of sulfone groups is 1. The molecule has 1 fully saturated rings. The van der Waals surface area contributed by atoms with Gasteiger partial charge >= 0.3 is 0 Å². The molecule has 1 N–H and O–H groups in total. The molecule has 0 saturated heterocycles. The molecule has 0 atom stereocenters. The van der Waals surface area contributed by atoms with Crippen LogP contribution in [0.3, 0.4) is 0 Å². The molecule has 1 aromatic heterocycles. The van der Waals surface area contributed by atoms with E-state index in [1.165, 1.54) is 12.8 Å². The van der Waals surface area contributed by atoms with Crippen LogP contribution in [-0.4, -0.2) is 37.5 Å². The fourth-order valence-electron chi connectivity index (χ4n) is 1.34. The van der Waals surface area contributed by atoms with Crippen molar-refractivity contribution in [3.05, 3.63) is 11.8 Å². The van der Waals surface area contributed by atoms with Gasteiger partial charge in [-0.05, 0) is 12.8 Å². The monoisotopic (exact) mass is 245 g/mol. The molecule has 0 amide bonds. The highest BCUT2D eigenvalue weighted by atomic mass is 32.2. The van der Waals surface area contributed by atoms with Gasteiger partial charge < -0.3 is 9.73 Å². The summed E-state index contributed by atoms with van der Waals surface area (Å²) in [4.78, 5) is 0. The molecule has 0 radical (unpaired) electrons. The number of rotatable bonds is 6. The van der Waals surface area contributed by atoms with Gasteiger partial charge in [-0.1, -0.05) is 0 Å². The summed E-state index contributed by atoms with van der Waals surface area (Å²) in [5.41, 5.74) is 0. The van der Waals surface area contributed by atoms with Gasteiger partial charge in [0.2, 0.25) is 11.8 Å². The molecule has 0 aliphatic heterocycles. The van der Waals surface area contributed by atoms with Crippen molar-refractivity contribution in [1.29, 1.82) is 0 Å². The Kier molecular flexibility index (Phi) is 3.25. The topological polar surface area (TPSA) is 85.1 Å². The molecule has 0 spiro atoms. The van der Waals surface area contributed by atoms with E-state index in [1.54, 1.807) is 0 Å². The molecular weight excluding hydrogens is 230 g/mol. The zero-order chi connectivity index (χ0) is 11.6. The van der Waals surface area contributed by atoms with Crippen molar-refractivity contribution in [2.75, 3.05) is 12.8 Å². The predicted octanol–water partition coefficient (Wildman–Crippen LogP) is -0.0913. The molecule has 90 valence electrons. The van der Waals surface area contributed by atoms with E-state index in [0.717, 1.165) is 12.8 Å². The van der Waals surface area contributed by atoms with Gasteiger partial charge in [0.1, 0.15) is 5.75 Å². The SMILES string of the molecule is CS(=O)(=O)Cc1nnc(CCNC2CC2)o1. The lowest BCUT2D eigenvalue weighted by Crippen LogP contribution is -2.19. The van der Waals surface area contributed by atoms with Crippen LogP contribution in [0.2, 0.25) is 0 Å². The molecule has 0 unspecified atom stereocenters. The predicted molar refractivity (Wildman–Crippen MR) is 57.6 cm³/mol. The lowest BCUT2D eigenvalue weighted by Gasteiger charge is -1.97. The molecule has 0 aromatic carbocycles. The summed E-state index contributed by atoms with van der Waals surface area (Å²) in [7, 11) is -3.10. The van der Waals surface area contributed by atoms with Gasteiger partial charge in [-0.25, -0.2) is 8.42 Å². The molecule has 1 aliphatic carbocycles. The summed E-state index contributed by atoms with van der Waals surface area (Å²) in [6, 6.07) is 0.651. The Hall–Kier alpha value is -0.950. The maximum atomic E-state index is 11.0. The van der Waals surface area contributed by atoms with Crippen molar-refractivity contribution in [2.45, 2.75) is 31.1 Å². The molecule has 1 saturated carbocycles. The summed E-state index contributed by atoms with van der Waals surface area (Å²) in [6.45, 7) is 0.797. The average Bonchev–Trinajstić information content (AvgIpc) is 2.86. The quantitative estimate of drug-likeness (QED) is 0.754. The summed E-state index contributed by atoms with van der Waals surface area (Å²) < 4.78 is 27.2. The van der Waals surface area contributed by atoms with Gasteiger partial charge in [0, 0.05) is 25.3 Å². The van der Waals surface area contributed by atoms with Crippen molar-refractivity contribution in [1.82, 2.24) is 15.5 Å². The van der Waals surface area contributed by atoms with Gasteiger partial charge in [0.15, 0.2) is 9.84 Å². The third-order valence-electron chi connectivity index (χ3n) is 2.24. The minimum absolute atomic E-state index is 0.170. The zero-order valence-electron chi connectivity index (χ0n) is 9.14. The third-order valence-corrected chi connectivity index (χ3v) is 3.01. The minimum atomic E-state index is -3.10. The minimum Gasteiger partial charge on any atom is -0.424 e. The highest BCUT2D eigenvalue weighted by molar-refractivity contribution is 7.89. The van der Waals surface area contributed by atoms with Gasteiger partial charge in [-0.15, -0.1) is 10.2 Å². The highest BCUT2D eigenvalue weighted by Gasteiger charge is 2.20.